The van der Waals surface area contributed by atoms with Crippen molar-refractivity contribution in [3.8, 4) is 5.75 Å². The minimum absolute atomic E-state index is 0.208. The second kappa shape index (κ2) is 7.15. The van der Waals surface area contributed by atoms with Crippen molar-refractivity contribution < 1.29 is 9.53 Å². The van der Waals surface area contributed by atoms with Crippen LogP contribution in [-0.2, 0) is 4.79 Å². The third-order valence-electron chi connectivity index (χ3n) is 3.37. The van der Waals surface area contributed by atoms with E-state index >= 15 is 0 Å². The van der Waals surface area contributed by atoms with Crippen LogP contribution in [0.25, 0.3) is 6.08 Å². The average molecular weight is 396 g/mol. The van der Waals surface area contributed by atoms with Crippen LogP contribution in [0, 0.1) is 0 Å². The number of amides is 1. The first-order chi connectivity index (χ1) is 11.5. The standard InChI is InChI=1S/C17H11Cl2NO2S2/c1-22-14-5-3-2-4-13(14)20-16(21)15(24-17(20)23)8-10-6-7-11(18)9-12(10)19/h2-9H,1H3/b15-8-. The van der Waals surface area contributed by atoms with Crippen molar-refractivity contribution in [2.45, 2.75) is 0 Å². The first-order valence-corrected chi connectivity index (χ1v) is 8.85. The first kappa shape index (κ1) is 17.3. The van der Waals surface area contributed by atoms with E-state index in [2.05, 4.69) is 0 Å². The third kappa shape index (κ3) is 3.30. The van der Waals surface area contributed by atoms with Crippen LogP contribution in [0.1, 0.15) is 5.56 Å². The summed E-state index contributed by atoms with van der Waals surface area (Å²) in [5.41, 5.74) is 1.33. The molecule has 1 amide bonds. The van der Waals surface area contributed by atoms with Gasteiger partial charge in [-0.15, -0.1) is 0 Å². The van der Waals surface area contributed by atoms with E-state index in [-0.39, 0.29) is 5.91 Å². The number of hydrogen-bond donors (Lipinski definition) is 0. The summed E-state index contributed by atoms with van der Waals surface area (Å²) in [5, 5.41) is 1.02. The van der Waals surface area contributed by atoms with Crippen LogP contribution in [-0.4, -0.2) is 17.3 Å². The number of ether oxygens (including phenoxy) is 1. The van der Waals surface area contributed by atoms with E-state index in [0.717, 1.165) is 0 Å². The van der Waals surface area contributed by atoms with Gasteiger partial charge in [0, 0.05) is 10.0 Å². The van der Waals surface area contributed by atoms with Crippen molar-refractivity contribution in [1.82, 2.24) is 0 Å². The summed E-state index contributed by atoms with van der Waals surface area (Å²) in [6, 6.07) is 12.4. The Morgan fingerprint density at radius 1 is 1.21 bits per heavy atom. The fourth-order valence-corrected chi connectivity index (χ4v) is 3.99. The number of carbonyl (C=O) groups is 1. The van der Waals surface area contributed by atoms with Crippen molar-refractivity contribution in [1.29, 1.82) is 0 Å². The molecular weight excluding hydrogens is 385 g/mol. The van der Waals surface area contributed by atoms with Crippen LogP contribution in [0.15, 0.2) is 47.4 Å². The number of carbonyl (C=O) groups excluding carboxylic acids is 1. The van der Waals surface area contributed by atoms with Crippen molar-refractivity contribution in [2.24, 2.45) is 0 Å². The largest absolute Gasteiger partial charge is 0.495 e. The molecule has 0 unspecified atom stereocenters. The lowest BCUT2D eigenvalue weighted by Gasteiger charge is -2.17. The molecule has 1 aliphatic heterocycles. The van der Waals surface area contributed by atoms with Gasteiger partial charge in [-0.2, -0.15) is 0 Å². The molecule has 0 N–H and O–H groups in total. The number of para-hydroxylation sites is 2. The zero-order chi connectivity index (χ0) is 17.3. The van der Waals surface area contributed by atoms with E-state index in [9.17, 15) is 4.79 Å². The summed E-state index contributed by atoms with van der Waals surface area (Å²) in [5.74, 6) is 0.375. The highest BCUT2D eigenvalue weighted by Gasteiger charge is 2.34. The Balaban J connectivity index is 1.99. The Labute approximate surface area is 159 Å². The van der Waals surface area contributed by atoms with Gasteiger partial charge in [0.1, 0.15) is 5.75 Å². The summed E-state index contributed by atoms with van der Waals surface area (Å²) in [4.78, 5) is 14.8. The number of thiocarbonyl (C=S) groups is 1. The number of rotatable bonds is 3. The molecule has 2 aromatic rings. The van der Waals surface area contributed by atoms with Crippen LogP contribution in [0.4, 0.5) is 5.69 Å². The van der Waals surface area contributed by atoms with Crippen LogP contribution in [0.3, 0.4) is 0 Å². The summed E-state index contributed by atoms with van der Waals surface area (Å²) < 4.78 is 5.77. The molecule has 0 spiro atoms. The van der Waals surface area contributed by atoms with Gasteiger partial charge in [-0.05, 0) is 35.9 Å². The molecule has 122 valence electrons. The van der Waals surface area contributed by atoms with Gasteiger partial charge in [-0.25, -0.2) is 0 Å². The average Bonchev–Trinajstić information content (AvgIpc) is 2.84. The fraction of sp³-hybridized carbons (Fsp3) is 0.0588. The maximum absolute atomic E-state index is 12.8. The highest BCUT2D eigenvalue weighted by molar-refractivity contribution is 8.27. The lowest BCUT2D eigenvalue weighted by molar-refractivity contribution is -0.113. The summed E-state index contributed by atoms with van der Waals surface area (Å²) in [6.45, 7) is 0. The molecule has 1 aliphatic rings. The highest BCUT2D eigenvalue weighted by atomic mass is 35.5. The predicted molar refractivity (Wildman–Crippen MR) is 105 cm³/mol. The Hall–Kier alpha value is -1.53. The Morgan fingerprint density at radius 2 is 1.96 bits per heavy atom. The molecule has 1 fully saturated rings. The van der Waals surface area contributed by atoms with Gasteiger partial charge in [-0.3, -0.25) is 9.69 Å². The molecular formula is C17H11Cl2NO2S2. The molecule has 2 aromatic carbocycles. The summed E-state index contributed by atoms with van der Waals surface area (Å²) in [6.07, 6.45) is 1.72. The highest BCUT2D eigenvalue weighted by Crippen LogP contribution is 2.40. The smallest absolute Gasteiger partial charge is 0.270 e. The lowest BCUT2D eigenvalue weighted by atomic mass is 10.2. The van der Waals surface area contributed by atoms with Gasteiger partial charge < -0.3 is 4.74 Å². The lowest BCUT2D eigenvalue weighted by Crippen LogP contribution is -2.27. The summed E-state index contributed by atoms with van der Waals surface area (Å²) in [7, 11) is 1.56. The Kier molecular flexibility index (Phi) is 5.15. The quantitative estimate of drug-likeness (QED) is 0.513. The van der Waals surface area contributed by atoms with Gasteiger partial charge in [0.15, 0.2) is 4.32 Å². The zero-order valence-corrected chi connectivity index (χ0v) is 15.6. The maximum atomic E-state index is 12.8. The molecule has 0 saturated carbocycles. The van der Waals surface area contributed by atoms with Crippen LogP contribution < -0.4 is 9.64 Å². The molecule has 3 nitrogen and oxygen atoms in total. The second-order valence-corrected chi connectivity index (χ2v) is 7.37. The number of halogens is 2. The third-order valence-corrected chi connectivity index (χ3v) is 5.23. The molecule has 24 heavy (non-hydrogen) atoms. The number of methoxy groups -OCH3 is 1. The van der Waals surface area contributed by atoms with Gasteiger partial charge in [0.05, 0.1) is 17.7 Å². The molecule has 0 radical (unpaired) electrons. The van der Waals surface area contributed by atoms with Gasteiger partial charge in [0.25, 0.3) is 5.91 Å². The van der Waals surface area contributed by atoms with E-state index in [1.807, 2.05) is 12.1 Å². The molecule has 7 heteroatoms. The van der Waals surface area contributed by atoms with Crippen LogP contribution in [0.5, 0.6) is 5.75 Å². The molecule has 1 saturated heterocycles. The van der Waals surface area contributed by atoms with Crippen LogP contribution >= 0.6 is 47.2 Å². The SMILES string of the molecule is COc1ccccc1N1C(=O)/C(=C/c2ccc(Cl)cc2Cl)SC1=S. The molecule has 0 bridgehead atoms. The van der Waals surface area contributed by atoms with Crippen molar-refractivity contribution in [3.63, 3.8) is 0 Å². The number of benzene rings is 2. The van der Waals surface area contributed by atoms with Crippen molar-refractivity contribution in [2.75, 3.05) is 12.0 Å². The number of anilines is 1. The minimum atomic E-state index is -0.208. The maximum Gasteiger partial charge on any atom is 0.270 e. The normalized spacial score (nSPS) is 16.1. The van der Waals surface area contributed by atoms with E-state index < -0.39 is 0 Å². The minimum Gasteiger partial charge on any atom is -0.495 e. The number of nitrogens with zero attached hydrogens (tertiary/aromatic N) is 1. The summed E-state index contributed by atoms with van der Waals surface area (Å²) >= 11 is 18.7. The number of hydrogen-bond acceptors (Lipinski definition) is 4. The van der Waals surface area contributed by atoms with Gasteiger partial charge in [-0.1, -0.05) is 65.4 Å². The first-order valence-electron chi connectivity index (χ1n) is 6.87. The second-order valence-electron chi connectivity index (χ2n) is 4.85. The zero-order valence-electron chi connectivity index (χ0n) is 12.5. The van der Waals surface area contributed by atoms with E-state index in [1.165, 1.54) is 16.7 Å². The Morgan fingerprint density at radius 3 is 2.67 bits per heavy atom. The van der Waals surface area contributed by atoms with E-state index in [0.29, 0.717) is 36.3 Å². The molecule has 0 atom stereocenters. The Bertz CT molecular complexity index is 867. The topological polar surface area (TPSA) is 29.5 Å². The van der Waals surface area contributed by atoms with E-state index in [4.69, 9.17) is 40.2 Å². The fourth-order valence-electron chi connectivity index (χ4n) is 2.25. The molecule has 3 rings (SSSR count). The van der Waals surface area contributed by atoms with Crippen molar-refractivity contribution in [3.05, 3.63) is 63.0 Å². The van der Waals surface area contributed by atoms with E-state index in [1.54, 1.807) is 43.5 Å². The molecule has 0 aliphatic carbocycles. The van der Waals surface area contributed by atoms with Gasteiger partial charge in [0.2, 0.25) is 0 Å². The molecule has 1 heterocycles. The van der Waals surface area contributed by atoms with Gasteiger partial charge >= 0.3 is 0 Å². The number of thioether (sulfide) groups is 1. The predicted octanol–water partition coefficient (Wildman–Crippen LogP) is 5.41. The molecule has 0 aromatic heterocycles. The van der Waals surface area contributed by atoms with Crippen LogP contribution in [0.2, 0.25) is 10.0 Å². The van der Waals surface area contributed by atoms with Crippen molar-refractivity contribution >= 4 is 69.2 Å². The monoisotopic (exact) mass is 395 g/mol.